The van der Waals surface area contributed by atoms with E-state index < -0.39 is 0 Å². The minimum atomic E-state index is -0.322. The molecule has 1 heterocycles. The zero-order valence-corrected chi connectivity index (χ0v) is 13.6. The first-order valence-electron chi connectivity index (χ1n) is 7.79. The second kappa shape index (κ2) is 7.12. The Hall–Kier alpha value is -3.22. The second-order valence-electron chi connectivity index (χ2n) is 5.60. The maximum Gasteiger partial charge on any atom is 0.343 e. The van der Waals surface area contributed by atoms with Crippen LogP contribution in [0.15, 0.2) is 53.3 Å². The summed E-state index contributed by atoms with van der Waals surface area (Å²) in [5.74, 6) is 0.00886. The van der Waals surface area contributed by atoms with Crippen LogP contribution in [0.5, 0.6) is 0 Å². The Kier molecular flexibility index (Phi) is 4.74. The lowest BCUT2D eigenvalue weighted by Gasteiger charge is -2.07. The number of amides is 1. The number of carbonyl (C=O) groups excluding carboxylic acids is 1. The average Bonchev–Trinajstić information content (AvgIpc) is 2.94. The van der Waals surface area contributed by atoms with Crippen LogP contribution in [0.3, 0.4) is 0 Å². The molecule has 3 rings (SSSR count). The van der Waals surface area contributed by atoms with Gasteiger partial charge < -0.3 is 5.32 Å². The first-order valence-corrected chi connectivity index (χ1v) is 7.79. The Bertz CT molecular complexity index is 961. The highest BCUT2D eigenvalue weighted by Gasteiger charge is 2.09. The van der Waals surface area contributed by atoms with Gasteiger partial charge in [-0.2, -0.15) is 5.10 Å². The van der Waals surface area contributed by atoms with Crippen LogP contribution in [0.1, 0.15) is 16.2 Å². The van der Waals surface area contributed by atoms with Gasteiger partial charge in [0.1, 0.15) is 11.6 Å². The minimum absolute atomic E-state index is 0.237. The predicted molar refractivity (Wildman–Crippen MR) is 91.7 cm³/mol. The number of nitrogens with zero attached hydrogens (tertiary/aromatic N) is 2. The molecule has 0 bridgehead atoms. The fraction of sp³-hybridized carbons (Fsp3) is 0.167. The monoisotopic (exact) mass is 340 g/mol. The molecule has 128 valence electrons. The third-order valence-electron chi connectivity index (χ3n) is 3.89. The molecule has 0 saturated carbocycles. The molecule has 25 heavy (non-hydrogen) atoms. The number of hydrogen-bond donors (Lipinski definition) is 2. The minimum Gasteiger partial charge on any atom is -0.352 e. The first kappa shape index (κ1) is 16.6. The number of aromatic amines is 1. The van der Waals surface area contributed by atoms with Crippen LogP contribution in [0.2, 0.25) is 0 Å². The number of hydrogen-bond acceptors (Lipinski definition) is 3. The SMILES string of the molecule is Cn1c(CCNC(=O)c2cccc(-c3cccc(F)c3)c2)n[nH]c1=O. The lowest BCUT2D eigenvalue weighted by atomic mass is 10.0. The van der Waals surface area contributed by atoms with Crippen LogP contribution in [0.25, 0.3) is 11.1 Å². The molecule has 6 nitrogen and oxygen atoms in total. The summed E-state index contributed by atoms with van der Waals surface area (Å²) in [5, 5.41) is 9.03. The van der Waals surface area contributed by atoms with E-state index in [0.29, 0.717) is 29.9 Å². The number of benzene rings is 2. The van der Waals surface area contributed by atoms with Gasteiger partial charge in [0.2, 0.25) is 0 Å². The molecule has 0 radical (unpaired) electrons. The van der Waals surface area contributed by atoms with Crippen LogP contribution in [0.4, 0.5) is 4.39 Å². The highest BCUT2D eigenvalue weighted by Crippen LogP contribution is 2.21. The molecule has 3 aromatic rings. The van der Waals surface area contributed by atoms with Crippen molar-refractivity contribution in [3.8, 4) is 11.1 Å². The summed E-state index contributed by atoms with van der Waals surface area (Å²) in [5.41, 5.74) is 1.67. The van der Waals surface area contributed by atoms with Gasteiger partial charge in [0.15, 0.2) is 0 Å². The van der Waals surface area contributed by atoms with Crippen LogP contribution < -0.4 is 11.0 Å². The maximum atomic E-state index is 13.4. The number of aromatic nitrogens is 3. The maximum absolute atomic E-state index is 13.4. The van der Waals surface area contributed by atoms with Gasteiger partial charge in [-0.1, -0.05) is 24.3 Å². The summed E-state index contributed by atoms with van der Waals surface area (Å²) in [6.45, 7) is 0.348. The van der Waals surface area contributed by atoms with Crippen molar-refractivity contribution < 1.29 is 9.18 Å². The zero-order chi connectivity index (χ0) is 17.8. The Morgan fingerprint density at radius 2 is 1.92 bits per heavy atom. The number of halogens is 1. The fourth-order valence-electron chi connectivity index (χ4n) is 2.50. The van der Waals surface area contributed by atoms with Crippen LogP contribution in [-0.2, 0) is 13.5 Å². The fourth-order valence-corrected chi connectivity index (χ4v) is 2.50. The smallest absolute Gasteiger partial charge is 0.343 e. The number of rotatable bonds is 5. The second-order valence-corrected chi connectivity index (χ2v) is 5.60. The van der Waals surface area contributed by atoms with Gasteiger partial charge in [0.05, 0.1) is 0 Å². The molecule has 0 fully saturated rings. The normalized spacial score (nSPS) is 10.6. The van der Waals surface area contributed by atoms with E-state index in [1.54, 1.807) is 37.4 Å². The Morgan fingerprint density at radius 1 is 1.20 bits per heavy atom. The molecule has 0 aliphatic heterocycles. The quantitative estimate of drug-likeness (QED) is 0.744. The number of carbonyl (C=O) groups is 1. The summed E-state index contributed by atoms with van der Waals surface area (Å²) >= 11 is 0. The highest BCUT2D eigenvalue weighted by molar-refractivity contribution is 5.95. The van der Waals surface area contributed by atoms with Gasteiger partial charge in [0.25, 0.3) is 5.91 Å². The van der Waals surface area contributed by atoms with E-state index in [0.717, 1.165) is 5.56 Å². The highest BCUT2D eigenvalue weighted by atomic mass is 19.1. The molecule has 2 N–H and O–H groups in total. The van der Waals surface area contributed by atoms with E-state index in [-0.39, 0.29) is 17.4 Å². The van der Waals surface area contributed by atoms with Crippen LogP contribution in [-0.4, -0.2) is 27.2 Å². The number of H-pyrrole nitrogens is 1. The Labute approximate surface area is 143 Å². The van der Waals surface area contributed by atoms with E-state index in [4.69, 9.17) is 0 Å². The van der Waals surface area contributed by atoms with Crippen LogP contribution in [0, 0.1) is 5.82 Å². The van der Waals surface area contributed by atoms with Crippen molar-refractivity contribution in [2.24, 2.45) is 7.05 Å². The van der Waals surface area contributed by atoms with Crippen molar-refractivity contribution in [2.75, 3.05) is 6.54 Å². The molecule has 1 amide bonds. The van der Waals surface area contributed by atoms with Crippen molar-refractivity contribution >= 4 is 5.91 Å². The van der Waals surface area contributed by atoms with Crippen molar-refractivity contribution in [3.63, 3.8) is 0 Å². The summed E-state index contributed by atoms with van der Waals surface area (Å²) in [6, 6.07) is 13.2. The summed E-state index contributed by atoms with van der Waals surface area (Å²) in [6.07, 6.45) is 0.435. The topological polar surface area (TPSA) is 79.8 Å². The van der Waals surface area contributed by atoms with E-state index in [1.165, 1.54) is 16.7 Å². The zero-order valence-electron chi connectivity index (χ0n) is 13.6. The average molecular weight is 340 g/mol. The number of nitrogens with one attached hydrogen (secondary N) is 2. The molecule has 0 atom stereocenters. The lowest BCUT2D eigenvalue weighted by molar-refractivity contribution is 0.0954. The standard InChI is InChI=1S/C18H17FN4O2/c1-23-16(21-22-18(23)25)8-9-20-17(24)14-6-2-4-12(10-14)13-5-3-7-15(19)11-13/h2-7,10-11H,8-9H2,1H3,(H,20,24)(H,22,25). The van der Waals surface area contributed by atoms with Gasteiger partial charge in [-0.15, -0.1) is 0 Å². The Balaban J connectivity index is 1.67. The third-order valence-corrected chi connectivity index (χ3v) is 3.89. The molecule has 7 heteroatoms. The van der Waals surface area contributed by atoms with E-state index in [1.807, 2.05) is 6.07 Å². The third kappa shape index (κ3) is 3.82. The largest absolute Gasteiger partial charge is 0.352 e. The van der Waals surface area contributed by atoms with Crippen molar-refractivity contribution in [3.05, 3.63) is 76.2 Å². The molecular formula is C18H17FN4O2. The van der Waals surface area contributed by atoms with E-state index in [9.17, 15) is 14.0 Å². The van der Waals surface area contributed by atoms with Crippen molar-refractivity contribution in [1.82, 2.24) is 20.1 Å². The molecule has 0 unspecified atom stereocenters. The first-order chi connectivity index (χ1) is 12.0. The van der Waals surface area contributed by atoms with E-state index >= 15 is 0 Å². The Morgan fingerprint density at radius 3 is 2.60 bits per heavy atom. The molecular weight excluding hydrogens is 323 g/mol. The summed E-state index contributed by atoms with van der Waals surface area (Å²) in [4.78, 5) is 23.6. The predicted octanol–water partition coefficient (Wildman–Crippen LogP) is 1.89. The van der Waals surface area contributed by atoms with Crippen molar-refractivity contribution in [1.29, 1.82) is 0 Å². The molecule has 1 aromatic heterocycles. The van der Waals surface area contributed by atoms with Gasteiger partial charge in [0, 0.05) is 25.6 Å². The lowest BCUT2D eigenvalue weighted by Crippen LogP contribution is -2.27. The van der Waals surface area contributed by atoms with E-state index in [2.05, 4.69) is 15.5 Å². The van der Waals surface area contributed by atoms with Gasteiger partial charge in [-0.25, -0.2) is 14.3 Å². The molecule has 0 aliphatic rings. The summed E-state index contributed by atoms with van der Waals surface area (Å²) in [7, 11) is 1.62. The molecule has 0 saturated heterocycles. The van der Waals surface area contributed by atoms with Gasteiger partial charge >= 0.3 is 5.69 Å². The summed E-state index contributed by atoms with van der Waals surface area (Å²) < 4.78 is 14.8. The molecule has 0 aliphatic carbocycles. The van der Waals surface area contributed by atoms with Crippen LogP contribution >= 0.6 is 0 Å². The van der Waals surface area contributed by atoms with Gasteiger partial charge in [-0.3, -0.25) is 9.36 Å². The molecule has 0 spiro atoms. The molecule has 2 aromatic carbocycles. The van der Waals surface area contributed by atoms with Crippen molar-refractivity contribution in [2.45, 2.75) is 6.42 Å². The van der Waals surface area contributed by atoms with Gasteiger partial charge in [-0.05, 0) is 35.4 Å².